The summed E-state index contributed by atoms with van der Waals surface area (Å²) in [5, 5.41) is 1.13. The molecule has 0 N–H and O–H groups in total. The van der Waals surface area contributed by atoms with Crippen molar-refractivity contribution in [2.75, 3.05) is 0 Å². The Balaban J connectivity index is 2.35. The van der Waals surface area contributed by atoms with Gasteiger partial charge < -0.3 is 0 Å². The van der Waals surface area contributed by atoms with Crippen LogP contribution in [0.2, 0.25) is 10.0 Å². The first-order valence-corrected chi connectivity index (χ1v) is 5.97. The third-order valence-electron chi connectivity index (χ3n) is 2.84. The highest BCUT2D eigenvalue weighted by Gasteiger charge is 2.22. The summed E-state index contributed by atoms with van der Waals surface area (Å²) < 4.78 is 0. The van der Waals surface area contributed by atoms with Gasteiger partial charge in [0, 0.05) is 6.42 Å². The van der Waals surface area contributed by atoms with Crippen LogP contribution in [0.25, 0.3) is 0 Å². The Morgan fingerprint density at radius 3 is 2.69 bits per heavy atom. The maximum atomic E-state index is 11.5. The molecular formula is C13H12Cl2O. The fourth-order valence-electron chi connectivity index (χ4n) is 2.15. The molecule has 0 spiro atoms. The molecule has 0 radical (unpaired) electrons. The van der Waals surface area contributed by atoms with Crippen LogP contribution < -0.4 is 0 Å². The van der Waals surface area contributed by atoms with Crippen molar-refractivity contribution in [2.45, 2.75) is 25.7 Å². The highest BCUT2D eigenvalue weighted by Crippen LogP contribution is 2.37. The molecule has 0 aromatic heterocycles. The Kier molecular flexibility index (Phi) is 3.36. The van der Waals surface area contributed by atoms with Gasteiger partial charge >= 0.3 is 0 Å². The summed E-state index contributed by atoms with van der Waals surface area (Å²) in [4.78, 5) is 11.5. The van der Waals surface area contributed by atoms with Gasteiger partial charge in [-0.3, -0.25) is 4.79 Å². The molecule has 1 aliphatic carbocycles. The van der Waals surface area contributed by atoms with Gasteiger partial charge in [0.05, 0.1) is 10.0 Å². The van der Waals surface area contributed by atoms with E-state index in [0.29, 0.717) is 16.5 Å². The smallest absolute Gasteiger partial charge is 0.156 e. The van der Waals surface area contributed by atoms with E-state index >= 15 is 0 Å². The first-order valence-electron chi connectivity index (χ1n) is 5.22. The molecule has 0 heterocycles. The molecule has 0 saturated heterocycles. The molecule has 1 atom stereocenters. The van der Waals surface area contributed by atoms with Crippen LogP contribution in [0.4, 0.5) is 0 Å². The molecule has 84 valence electrons. The molecule has 0 saturated carbocycles. The van der Waals surface area contributed by atoms with Crippen LogP contribution in [0.3, 0.4) is 0 Å². The molecule has 2 rings (SSSR count). The van der Waals surface area contributed by atoms with Gasteiger partial charge in [-0.2, -0.15) is 0 Å². The van der Waals surface area contributed by atoms with Gasteiger partial charge in [0.15, 0.2) is 5.78 Å². The van der Waals surface area contributed by atoms with Gasteiger partial charge in [-0.1, -0.05) is 40.9 Å². The van der Waals surface area contributed by atoms with Gasteiger partial charge in [0.2, 0.25) is 0 Å². The van der Waals surface area contributed by atoms with E-state index in [1.165, 1.54) is 0 Å². The highest BCUT2D eigenvalue weighted by molar-refractivity contribution is 6.42. The third-order valence-corrected chi connectivity index (χ3v) is 3.68. The van der Waals surface area contributed by atoms with Crippen molar-refractivity contribution in [2.24, 2.45) is 0 Å². The molecule has 1 aromatic rings. The molecule has 1 aliphatic rings. The fraction of sp³-hybridized carbons (Fsp3) is 0.308. The van der Waals surface area contributed by atoms with Crippen molar-refractivity contribution in [3.8, 4) is 0 Å². The maximum absolute atomic E-state index is 11.5. The Hall–Kier alpha value is -0.790. The van der Waals surface area contributed by atoms with Crippen LogP contribution in [0.1, 0.15) is 31.2 Å². The van der Waals surface area contributed by atoms with Crippen LogP contribution in [0.15, 0.2) is 29.8 Å². The van der Waals surface area contributed by atoms with Crippen molar-refractivity contribution in [3.05, 3.63) is 45.5 Å². The van der Waals surface area contributed by atoms with Crippen LogP contribution >= 0.6 is 23.2 Å². The average molecular weight is 255 g/mol. The monoisotopic (exact) mass is 254 g/mol. The SMILES string of the molecule is CC1=CC(=O)CC(c2cccc(Cl)c2Cl)C1. The zero-order valence-corrected chi connectivity index (χ0v) is 10.5. The first kappa shape index (κ1) is 11.7. The highest BCUT2D eigenvalue weighted by atomic mass is 35.5. The van der Waals surface area contributed by atoms with Crippen molar-refractivity contribution in [1.82, 2.24) is 0 Å². The molecule has 0 aliphatic heterocycles. The Bertz CT molecular complexity index is 463. The zero-order valence-electron chi connectivity index (χ0n) is 8.97. The zero-order chi connectivity index (χ0) is 11.7. The van der Waals surface area contributed by atoms with E-state index in [-0.39, 0.29) is 11.7 Å². The number of halogens is 2. The predicted molar refractivity (Wildman–Crippen MR) is 67.2 cm³/mol. The van der Waals surface area contributed by atoms with Crippen molar-refractivity contribution >= 4 is 29.0 Å². The average Bonchev–Trinajstić information content (AvgIpc) is 2.20. The number of ketones is 1. The van der Waals surface area contributed by atoms with Crippen LogP contribution in [0.5, 0.6) is 0 Å². The van der Waals surface area contributed by atoms with Crippen LogP contribution in [0, 0.1) is 0 Å². The minimum absolute atomic E-state index is 0.170. The number of carbonyl (C=O) groups is 1. The van der Waals surface area contributed by atoms with E-state index in [2.05, 4.69) is 0 Å². The van der Waals surface area contributed by atoms with E-state index in [0.717, 1.165) is 17.6 Å². The molecule has 16 heavy (non-hydrogen) atoms. The van der Waals surface area contributed by atoms with Crippen molar-refractivity contribution < 1.29 is 4.79 Å². The normalized spacial score (nSPS) is 20.8. The van der Waals surface area contributed by atoms with E-state index < -0.39 is 0 Å². The number of hydrogen-bond donors (Lipinski definition) is 0. The lowest BCUT2D eigenvalue weighted by Crippen LogP contribution is -2.12. The topological polar surface area (TPSA) is 17.1 Å². The molecular weight excluding hydrogens is 243 g/mol. The van der Waals surface area contributed by atoms with E-state index in [1.807, 2.05) is 19.1 Å². The van der Waals surface area contributed by atoms with E-state index in [1.54, 1.807) is 12.1 Å². The third kappa shape index (κ3) is 2.31. The van der Waals surface area contributed by atoms with Crippen molar-refractivity contribution in [3.63, 3.8) is 0 Å². The quantitative estimate of drug-likeness (QED) is 0.727. The molecule has 1 unspecified atom stereocenters. The number of benzene rings is 1. The lowest BCUT2D eigenvalue weighted by Gasteiger charge is -2.21. The van der Waals surface area contributed by atoms with Gasteiger partial charge in [-0.15, -0.1) is 0 Å². The van der Waals surface area contributed by atoms with Crippen LogP contribution in [-0.2, 0) is 4.79 Å². The first-order chi connectivity index (χ1) is 7.58. The van der Waals surface area contributed by atoms with Gasteiger partial charge in [-0.25, -0.2) is 0 Å². The van der Waals surface area contributed by atoms with E-state index in [4.69, 9.17) is 23.2 Å². The van der Waals surface area contributed by atoms with Crippen LogP contribution in [-0.4, -0.2) is 5.78 Å². The van der Waals surface area contributed by atoms with Crippen molar-refractivity contribution in [1.29, 1.82) is 0 Å². The molecule has 0 fully saturated rings. The standard InChI is InChI=1S/C13H12Cl2O/c1-8-5-9(7-10(16)6-8)11-3-2-4-12(14)13(11)15/h2-4,6,9H,5,7H2,1H3. The summed E-state index contributed by atoms with van der Waals surface area (Å²) in [6.07, 6.45) is 3.12. The molecule has 0 bridgehead atoms. The second kappa shape index (κ2) is 4.60. The van der Waals surface area contributed by atoms with Gasteiger partial charge in [-0.05, 0) is 37.0 Å². The molecule has 0 amide bonds. The predicted octanol–water partition coefficient (Wildman–Crippen LogP) is 4.39. The Morgan fingerprint density at radius 1 is 1.25 bits per heavy atom. The summed E-state index contributed by atoms with van der Waals surface area (Å²) in [5.74, 6) is 0.341. The fourth-order valence-corrected chi connectivity index (χ4v) is 2.61. The number of allylic oxidation sites excluding steroid dienone is 2. The Morgan fingerprint density at radius 2 is 2.00 bits per heavy atom. The molecule has 1 nitrogen and oxygen atoms in total. The van der Waals surface area contributed by atoms with E-state index in [9.17, 15) is 4.79 Å². The molecule has 1 aromatic carbocycles. The molecule has 3 heteroatoms. The second-order valence-corrected chi connectivity index (χ2v) is 4.99. The number of hydrogen-bond acceptors (Lipinski definition) is 1. The summed E-state index contributed by atoms with van der Waals surface area (Å²) in [6, 6.07) is 5.59. The summed E-state index contributed by atoms with van der Waals surface area (Å²) in [6.45, 7) is 1.97. The van der Waals surface area contributed by atoms with Gasteiger partial charge in [0.25, 0.3) is 0 Å². The van der Waals surface area contributed by atoms with Gasteiger partial charge in [0.1, 0.15) is 0 Å². The summed E-state index contributed by atoms with van der Waals surface area (Å²) >= 11 is 12.1. The second-order valence-electron chi connectivity index (χ2n) is 4.21. The minimum atomic E-state index is 0.170. The lowest BCUT2D eigenvalue weighted by molar-refractivity contribution is -0.115. The maximum Gasteiger partial charge on any atom is 0.156 e. The number of rotatable bonds is 1. The number of carbonyl (C=O) groups excluding carboxylic acids is 1. The lowest BCUT2D eigenvalue weighted by atomic mass is 9.84. The summed E-state index contributed by atoms with van der Waals surface area (Å²) in [5.41, 5.74) is 2.09. The summed E-state index contributed by atoms with van der Waals surface area (Å²) in [7, 11) is 0. The minimum Gasteiger partial charge on any atom is -0.295 e. The Labute approximate surface area is 105 Å². The largest absolute Gasteiger partial charge is 0.295 e.